The third-order valence-corrected chi connectivity index (χ3v) is 5.04. The van der Waals surface area contributed by atoms with E-state index in [1.165, 1.54) is 0 Å². The highest BCUT2D eigenvalue weighted by Crippen LogP contribution is 2.41. The highest BCUT2D eigenvalue weighted by molar-refractivity contribution is 7.46. The summed E-state index contributed by atoms with van der Waals surface area (Å²) in [5.74, 6) is 0. The van der Waals surface area contributed by atoms with Crippen LogP contribution in [0.15, 0.2) is 0 Å². The quantitative estimate of drug-likeness (QED) is 0.186. The van der Waals surface area contributed by atoms with Gasteiger partial charge in [-0.25, -0.2) is 4.57 Å². The first-order chi connectivity index (χ1) is 12.4. The second-order valence-corrected chi connectivity index (χ2v) is 7.60. The zero-order valence-electron chi connectivity index (χ0n) is 13.7. The van der Waals surface area contributed by atoms with Crippen LogP contribution in [-0.4, -0.2) is 119 Å². The second kappa shape index (κ2) is 8.61. The van der Waals surface area contributed by atoms with Gasteiger partial charge in [0.15, 0.2) is 6.29 Å². The third-order valence-electron chi connectivity index (χ3n) is 4.52. The minimum atomic E-state index is -5.11. The molecule has 160 valence electrons. The topological polar surface area (TPSA) is 253 Å². The molecule has 2 unspecified atom stereocenters. The number of ether oxygens (including phenoxy) is 2. The van der Waals surface area contributed by atoms with Crippen LogP contribution in [-0.2, 0) is 18.6 Å². The number of rotatable bonds is 5. The van der Waals surface area contributed by atoms with E-state index in [2.05, 4.69) is 4.52 Å². The summed E-state index contributed by atoms with van der Waals surface area (Å²) in [5.41, 5.74) is 5.74. The monoisotopic (exact) mass is 421 g/mol. The van der Waals surface area contributed by atoms with Crippen molar-refractivity contribution in [2.24, 2.45) is 5.73 Å². The molecule has 2 rings (SSSR count). The summed E-state index contributed by atoms with van der Waals surface area (Å²) in [4.78, 5) is 17.9. The van der Waals surface area contributed by atoms with Gasteiger partial charge in [-0.05, 0) is 0 Å². The van der Waals surface area contributed by atoms with Crippen LogP contribution in [0.2, 0.25) is 0 Å². The van der Waals surface area contributed by atoms with Crippen LogP contribution in [0.3, 0.4) is 0 Å². The summed E-state index contributed by atoms with van der Waals surface area (Å²) in [7, 11) is -5.11. The average Bonchev–Trinajstić information content (AvgIpc) is 2.59. The molecule has 1 heterocycles. The molecule has 0 aromatic rings. The summed E-state index contributed by atoms with van der Waals surface area (Å²) < 4.78 is 25.9. The van der Waals surface area contributed by atoms with Crippen LogP contribution >= 0.6 is 7.82 Å². The fourth-order valence-electron chi connectivity index (χ4n) is 3.02. The average molecular weight is 421 g/mol. The first-order valence-electron chi connectivity index (χ1n) is 7.88. The van der Waals surface area contributed by atoms with E-state index in [0.717, 1.165) is 0 Å². The van der Waals surface area contributed by atoms with Crippen molar-refractivity contribution in [2.45, 2.75) is 67.3 Å². The Balaban J connectivity index is 2.21. The molecule has 0 bridgehead atoms. The number of hydrogen-bond donors (Lipinski definition) is 10. The molecular weight excluding hydrogens is 397 g/mol. The van der Waals surface area contributed by atoms with Crippen LogP contribution in [0, 0.1) is 0 Å². The molecule has 1 aliphatic heterocycles. The molecule has 14 nitrogen and oxygen atoms in total. The number of phosphoric ester groups is 1. The lowest BCUT2D eigenvalue weighted by molar-refractivity contribution is -0.315. The van der Waals surface area contributed by atoms with Crippen molar-refractivity contribution in [3.8, 4) is 0 Å². The largest absolute Gasteiger partial charge is 0.470 e. The number of phosphoric acid groups is 1. The summed E-state index contributed by atoms with van der Waals surface area (Å²) in [6.07, 6.45) is -17.8. The van der Waals surface area contributed by atoms with Gasteiger partial charge in [-0.2, -0.15) is 0 Å². The van der Waals surface area contributed by atoms with Crippen molar-refractivity contribution in [1.29, 1.82) is 0 Å². The van der Waals surface area contributed by atoms with Crippen molar-refractivity contribution in [3.63, 3.8) is 0 Å². The Bertz CT molecular complexity index is 531. The molecule has 11 N–H and O–H groups in total. The van der Waals surface area contributed by atoms with Crippen molar-refractivity contribution >= 4 is 7.82 Å². The van der Waals surface area contributed by atoms with E-state index in [4.69, 9.17) is 25.0 Å². The number of aliphatic hydroxyl groups is 7. The van der Waals surface area contributed by atoms with E-state index in [-0.39, 0.29) is 0 Å². The SMILES string of the molecule is N[C@H]1[C@@H](OC2[C@@H](O)[C@H](O)C(O)[C@@H](O)[C@H]2O)O[C@H](CO)[C@H](O)[C@@H]1OP(=O)(O)O. The molecule has 0 amide bonds. The number of hydrogen-bond acceptors (Lipinski definition) is 12. The predicted molar refractivity (Wildman–Crippen MR) is 81.6 cm³/mol. The Kier molecular flexibility index (Phi) is 7.33. The van der Waals surface area contributed by atoms with Crippen molar-refractivity contribution in [2.75, 3.05) is 6.61 Å². The highest BCUT2D eigenvalue weighted by atomic mass is 31.2. The predicted octanol–water partition coefficient (Wildman–Crippen LogP) is -5.93. The van der Waals surface area contributed by atoms with Gasteiger partial charge in [0, 0.05) is 0 Å². The third kappa shape index (κ3) is 4.83. The lowest BCUT2D eigenvalue weighted by atomic mass is 9.84. The first kappa shape index (κ1) is 23.0. The smallest absolute Gasteiger partial charge is 0.394 e. The number of aliphatic hydroxyl groups excluding tert-OH is 7. The summed E-state index contributed by atoms with van der Waals surface area (Å²) in [6, 6.07) is -1.57. The Morgan fingerprint density at radius 3 is 1.78 bits per heavy atom. The fraction of sp³-hybridized carbons (Fsp3) is 1.00. The summed E-state index contributed by atoms with van der Waals surface area (Å²) >= 11 is 0. The van der Waals surface area contributed by atoms with Gasteiger partial charge >= 0.3 is 7.82 Å². The van der Waals surface area contributed by atoms with Gasteiger partial charge < -0.3 is 60.7 Å². The van der Waals surface area contributed by atoms with E-state index in [1.807, 2.05) is 0 Å². The van der Waals surface area contributed by atoms with E-state index < -0.39 is 81.7 Å². The lowest BCUT2D eigenvalue weighted by Crippen LogP contribution is -2.68. The molecule has 0 radical (unpaired) electrons. The van der Waals surface area contributed by atoms with Crippen LogP contribution in [0.4, 0.5) is 0 Å². The van der Waals surface area contributed by atoms with Crippen LogP contribution in [0.5, 0.6) is 0 Å². The zero-order valence-corrected chi connectivity index (χ0v) is 14.6. The molecule has 0 aromatic heterocycles. The second-order valence-electron chi connectivity index (χ2n) is 6.41. The molecule has 1 saturated carbocycles. The normalized spacial score (nSPS) is 49.2. The van der Waals surface area contributed by atoms with Gasteiger partial charge in [0.05, 0.1) is 12.6 Å². The Morgan fingerprint density at radius 2 is 1.33 bits per heavy atom. The first-order valence-corrected chi connectivity index (χ1v) is 9.41. The summed E-state index contributed by atoms with van der Waals surface area (Å²) in [5, 5.41) is 68.2. The molecule has 27 heavy (non-hydrogen) atoms. The van der Waals surface area contributed by atoms with Crippen LogP contribution in [0.1, 0.15) is 0 Å². The fourth-order valence-corrected chi connectivity index (χ4v) is 3.60. The zero-order chi connectivity index (χ0) is 20.7. The van der Waals surface area contributed by atoms with E-state index >= 15 is 0 Å². The maximum absolute atomic E-state index is 11.1. The van der Waals surface area contributed by atoms with Crippen molar-refractivity contribution in [3.05, 3.63) is 0 Å². The van der Waals surface area contributed by atoms with Gasteiger partial charge in [-0.3, -0.25) is 4.52 Å². The Hall–Kier alpha value is -0.290. The van der Waals surface area contributed by atoms with Gasteiger partial charge in [-0.1, -0.05) is 0 Å². The van der Waals surface area contributed by atoms with E-state index in [1.54, 1.807) is 0 Å². The molecule has 15 heteroatoms. The van der Waals surface area contributed by atoms with E-state index in [9.17, 15) is 40.3 Å². The van der Waals surface area contributed by atoms with Crippen molar-refractivity contribution in [1.82, 2.24) is 0 Å². The lowest BCUT2D eigenvalue weighted by Gasteiger charge is -2.46. The molecular formula is C12H24NO13P. The van der Waals surface area contributed by atoms with E-state index in [0.29, 0.717) is 0 Å². The van der Waals surface area contributed by atoms with Crippen LogP contribution in [0.25, 0.3) is 0 Å². The maximum atomic E-state index is 11.1. The molecule has 0 spiro atoms. The molecule has 2 fully saturated rings. The minimum Gasteiger partial charge on any atom is -0.394 e. The van der Waals surface area contributed by atoms with Gasteiger partial charge in [0.1, 0.15) is 54.9 Å². The Morgan fingerprint density at radius 1 is 0.852 bits per heavy atom. The van der Waals surface area contributed by atoms with Crippen molar-refractivity contribution < 1.29 is 64.1 Å². The number of nitrogens with two attached hydrogens (primary N) is 1. The van der Waals surface area contributed by atoms with Gasteiger partial charge in [0.25, 0.3) is 0 Å². The minimum absolute atomic E-state index is 0.825. The van der Waals surface area contributed by atoms with Crippen LogP contribution < -0.4 is 5.73 Å². The molecule has 11 atom stereocenters. The van der Waals surface area contributed by atoms with Gasteiger partial charge in [0.2, 0.25) is 0 Å². The van der Waals surface area contributed by atoms with Gasteiger partial charge in [-0.15, -0.1) is 0 Å². The maximum Gasteiger partial charge on any atom is 0.470 e. The standard InChI is InChI=1S/C12H24NO13P/c13-3-10(26-27(21,22)23)4(15)2(1-14)24-12(3)25-11-8(19)6(17)5(16)7(18)9(11)20/h2-12,14-20H,1,13H2,(H2,21,22,23)/t2-,3-,4+,5?,6-,7-,8-,9+,10-,11?,12-/m1/s1. The Labute approximate surface area is 152 Å². The summed E-state index contributed by atoms with van der Waals surface area (Å²) in [6.45, 7) is -0.825. The molecule has 1 aliphatic carbocycles. The molecule has 0 aromatic carbocycles. The molecule has 2 aliphatic rings. The highest BCUT2D eigenvalue weighted by Gasteiger charge is 2.53. The molecule has 1 saturated heterocycles.